The molecule has 0 bridgehead atoms. The minimum atomic E-state index is 0.544. The van der Waals surface area contributed by atoms with Gasteiger partial charge in [0.15, 0.2) is 0 Å². The monoisotopic (exact) mass is 238 g/mol. The molecule has 2 rings (SSSR count). The lowest BCUT2D eigenvalue weighted by atomic mass is 9.86. The smallest absolute Gasteiger partial charge is 0.0408 e. The van der Waals surface area contributed by atoms with Crippen molar-refractivity contribution in [3.05, 3.63) is 34.9 Å². The normalized spacial score (nSPS) is 26.0. The highest BCUT2D eigenvalue weighted by Crippen LogP contribution is 2.28. The van der Waals surface area contributed by atoms with Gasteiger partial charge in [-0.05, 0) is 44.8 Å². The quantitative estimate of drug-likeness (QED) is 0.851. The molecule has 1 saturated heterocycles. The molecule has 2 unspecified atom stereocenters. The van der Waals surface area contributed by atoms with Gasteiger partial charge < -0.3 is 10.2 Å². The molecule has 3 heteroatoms. The summed E-state index contributed by atoms with van der Waals surface area (Å²) in [6, 6.07) is 8.86. The third kappa shape index (κ3) is 2.57. The van der Waals surface area contributed by atoms with Crippen LogP contribution in [0.2, 0.25) is 5.02 Å². The second-order valence-electron chi connectivity index (χ2n) is 4.69. The molecule has 0 aliphatic carbocycles. The van der Waals surface area contributed by atoms with Crippen molar-refractivity contribution in [2.75, 3.05) is 27.2 Å². The molecule has 16 heavy (non-hydrogen) atoms. The Kier molecular flexibility index (Phi) is 3.85. The zero-order chi connectivity index (χ0) is 11.5. The predicted octanol–water partition coefficient (Wildman–Crippen LogP) is 2.35. The van der Waals surface area contributed by atoms with Crippen molar-refractivity contribution in [3.8, 4) is 0 Å². The van der Waals surface area contributed by atoms with Crippen molar-refractivity contribution in [2.45, 2.75) is 18.4 Å². The van der Waals surface area contributed by atoms with Crippen LogP contribution in [0.15, 0.2) is 24.3 Å². The molecule has 0 aromatic heterocycles. The number of nitrogens with one attached hydrogen (secondary N) is 1. The van der Waals surface area contributed by atoms with Gasteiger partial charge in [0.25, 0.3) is 0 Å². The van der Waals surface area contributed by atoms with E-state index in [4.69, 9.17) is 11.6 Å². The number of hydrogen-bond donors (Lipinski definition) is 1. The maximum atomic E-state index is 6.06. The van der Waals surface area contributed by atoms with E-state index in [-0.39, 0.29) is 0 Å². The van der Waals surface area contributed by atoms with Gasteiger partial charge in [-0.15, -0.1) is 0 Å². The Morgan fingerprint density at radius 3 is 2.88 bits per heavy atom. The molecule has 1 fully saturated rings. The van der Waals surface area contributed by atoms with Gasteiger partial charge in [-0.3, -0.25) is 0 Å². The van der Waals surface area contributed by atoms with Crippen LogP contribution in [0, 0.1) is 0 Å². The summed E-state index contributed by atoms with van der Waals surface area (Å²) >= 11 is 6.06. The number of nitrogens with zero attached hydrogens (tertiary/aromatic N) is 1. The highest BCUT2D eigenvalue weighted by atomic mass is 35.5. The number of rotatable bonds is 2. The Morgan fingerprint density at radius 1 is 1.38 bits per heavy atom. The first-order valence-electron chi connectivity index (χ1n) is 5.81. The molecule has 0 saturated carbocycles. The maximum absolute atomic E-state index is 6.06. The van der Waals surface area contributed by atoms with Crippen molar-refractivity contribution in [1.29, 1.82) is 0 Å². The van der Waals surface area contributed by atoms with E-state index in [1.807, 2.05) is 12.1 Å². The van der Waals surface area contributed by atoms with Gasteiger partial charge in [0, 0.05) is 23.5 Å². The van der Waals surface area contributed by atoms with Gasteiger partial charge in [-0.1, -0.05) is 23.7 Å². The summed E-state index contributed by atoms with van der Waals surface area (Å²) in [6.45, 7) is 2.16. The van der Waals surface area contributed by atoms with Crippen LogP contribution in [-0.2, 0) is 0 Å². The molecule has 1 aromatic rings. The number of benzene rings is 1. The number of piperidine rings is 1. The molecule has 0 spiro atoms. The Labute approximate surface area is 103 Å². The van der Waals surface area contributed by atoms with E-state index < -0.39 is 0 Å². The summed E-state index contributed by atoms with van der Waals surface area (Å²) in [7, 11) is 4.32. The zero-order valence-corrected chi connectivity index (χ0v) is 10.7. The van der Waals surface area contributed by atoms with E-state index in [0.717, 1.165) is 18.1 Å². The first kappa shape index (κ1) is 11.9. The molecule has 1 aromatic carbocycles. The van der Waals surface area contributed by atoms with Crippen LogP contribution in [0.3, 0.4) is 0 Å². The Bertz CT molecular complexity index is 352. The summed E-state index contributed by atoms with van der Waals surface area (Å²) < 4.78 is 0. The van der Waals surface area contributed by atoms with Crippen LogP contribution >= 0.6 is 11.6 Å². The van der Waals surface area contributed by atoms with Crippen molar-refractivity contribution >= 4 is 11.6 Å². The number of halogens is 1. The molecular formula is C13H19ClN2. The van der Waals surface area contributed by atoms with Gasteiger partial charge in [0.05, 0.1) is 0 Å². The molecule has 88 valence electrons. The molecule has 1 aliphatic heterocycles. The average molecular weight is 239 g/mol. The molecular weight excluding hydrogens is 220 g/mol. The summed E-state index contributed by atoms with van der Waals surface area (Å²) in [5, 5.41) is 4.30. The van der Waals surface area contributed by atoms with E-state index in [9.17, 15) is 0 Å². The van der Waals surface area contributed by atoms with Gasteiger partial charge in [-0.2, -0.15) is 0 Å². The highest BCUT2D eigenvalue weighted by molar-refractivity contribution is 6.30. The van der Waals surface area contributed by atoms with E-state index in [0.29, 0.717) is 12.0 Å². The summed E-state index contributed by atoms with van der Waals surface area (Å²) in [5.41, 5.74) is 1.35. The van der Waals surface area contributed by atoms with Crippen LogP contribution in [-0.4, -0.2) is 38.1 Å². The lowest BCUT2D eigenvalue weighted by Crippen LogP contribution is -2.45. The van der Waals surface area contributed by atoms with Crippen molar-refractivity contribution < 1.29 is 0 Å². The van der Waals surface area contributed by atoms with Crippen LogP contribution < -0.4 is 5.32 Å². The van der Waals surface area contributed by atoms with Crippen molar-refractivity contribution in [1.82, 2.24) is 10.2 Å². The molecule has 1 aliphatic rings. The molecule has 1 heterocycles. The van der Waals surface area contributed by atoms with E-state index in [2.05, 4.69) is 36.4 Å². The predicted molar refractivity (Wildman–Crippen MR) is 69.2 cm³/mol. The lowest BCUT2D eigenvalue weighted by Gasteiger charge is -2.37. The van der Waals surface area contributed by atoms with Crippen LogP contribution in [0.25, 0.3) is 0 Å². The Morgan fingerprint density at radius 2 is 2.19 bits per heavy atom. The van der Waals surface area contributed by atoms with E-state index in [1.54, 1.807) is 0 Å². The highest BCUT2D eigenvalue weighted by Gasteiger charge is 2.27. The third-order valence-corrected chi connectivity index (χ3v) is 3.62. The second-order valence-corrected chi connectivity index (χ2v) is 5.12. The maximum Gasteiger partial charge on any atom is 0.0408 e. The zero-order valence-electron chi connectivity index (χ0n) is 9.91. The molecule has 2 atom stereocenters. The second kappa shape index (κ2) is 5.17. The summed E-state index contributed by atoms with van der Waals surface area (Å²) in [4.78, 5) is 2.33. The van der Waals surface area contributed by atoms with E-state index >= 15 is 0 Å². The van der Waals surface area contributed by atoms with E-state index in [1.165, 1.54) is 12.0 Å². The van der Waals surface area contributed by atoms with Gasteiger partial charge in [-0.25, -0.2) is 0 Å². The van der Waals surface area contributed by atoms with Crippen molar-refractivity contribution in [2.24, 2.45) is 0 Å². The topological polar surface area (TPSA) is 15.3 Å². The van der Waals surface area contributed by atoms with Gasteiger partial charge in [0.1, 0.15) is 0 Å². The Balaban J connectivity index is 2.23. The van der Waals surface area contributed by atoms with Crippen LogP contribution in [0.5, 0.6) is 0 Å². The fourth-order valence-electron chi connectivity index (χ4n) is 2.54. The van der Waals surface area contributed by atoms with Crippen molar-refractivity contribution in [3.63, 3.8) is 0 Å². The molecule has 1 N–H and O–H groups in total. The van der Waals surface area contributed by atoms with Crippen LogP contribution in [0.1, 0.15) is 17.9 Å². The SMILES string of the molecule is CN(C)C1CCNCC1c1cccc(Cl)c1. The van der Waals surface area contributed by atoms with Crippen LogP contribution in [0.4, 0.5) is 0 Å². The fourth-order valence-corrected chi connectivity index (χ4v) is 2.74. The number of hydrogen-bond acceptors (Lipinski definition) is 2. The summed E-state index contributed by atoms with van der Waals surface area (Å²) in [6.07, 6.45) is 1.20. The third-order valence-electron chi connectivity index (χ3n) is 3.39. The fraction of sp³-hybridized carbons (Fsp3) is 0.538. The lowest BCUT2D eigenvalue weighted by molar-refractivity contribution is 0.209. The van der Waals surface area contributed by atoms with Gasteiger partial charge in [0.2, 0.25) is 0 Å². The first-order valence-corrected chi connectivity index (χ1v) is 6.19. The molecule has 2 nitrogen and oxygen atoms in total. The standard InChI is InChI=1S/C13H19ClN2/c1-16(2)13-6-7-15-9-12(13)10-4-3-5-11(14)8-10/h3-5,8,12-13,15H,6-7,9H2,1-2H3. The molecule has 0 amide bonds. The summed E-state index contributed by atoms with van der Waals surface area (Å²) in [5.74, 6) is 0.544. The first-order chi connectivity index (χ1) is 7.68. The minimum Gasteiger partial charge on any atom is -0.316 e. The van der Waals surface area contributed by atoms with Gasteiger partial charge >= 0.3 is 0 Å². The Hall–Kier alpha value is -0.570. The number of likely N-dealkylation sites (N-methyl/N-ethyl adjacent to an activating group) is 1. The largest absolute Gasteiger partial charge is 0.316 e. The average Bonchev–Trinajstić information content (AvgIpc) is 2.29. The molecule has 0 radical (unpaired) electrons. The minimum absolute atomic E-state index is 0.544.